The molecule has 0 fully saturated rings. The molecule has 1 aromatic carbocycles. The maximum atomic E-state index is 10.7. The van der Waals surface area contributed by atoms with Gasteiger partial charge in [0.15, 0.2) is 6.23 Å². The SMILES string of the molecule is Cc1ccc(C)c(NC(O)c2sc3nc(-c4cccs4)ccc3c2N)c1. The van der Waals surface area contributed by atoms with Crippen molar-refractivity contribution in [1.82, 2.24) is 4.98 Å². The molecule has 4 aromatic rings. The number of nitrogens with one attached hydrogen (secondary N) is 1. The number of pyridine rings is 1. The number of aliphatic hydroxyl groups is 1. The van der Waals surface area contributed by atoms with Crippen LogP contribution in [0.15, 0.2) is 47.8 Å². The molecule has 0 aliphatic rings. The van der Waals surface area contributed by atoms with E-state index in [2.05, 4.69) is 11.4 Å². The van der Waals surface area contributed by atoms with Crippen LogP contribution in [0, 0.1) is 13.8 Å². The van der Waals surface area contributed by atoms with Crippen LogP contribution in [0.3, 0.4) is 0 Å². The van der Waals surface area contributed by atoms with E-state index in [0.29, 0.717) is 10.6 Å². The Morgan fingerprint density at radius 3 is 2.77 bits per heavy atom. The summed E-state index contributed by atoms with van der Waals surface area (Å²) >= 11 is 3.08. The number of aliphatic hydroxyl groups excluding tert-OH is 1. The molecule has 26 heavy (non-hydrogen) atoms. The topological polar surface area (TPSA) is 71.2 Å². The number of anilines is 2. The summed E-state index contributed by atoms with van der Waals surface area (Å²) in [5.41, 5.74) is 10.9. The fraction of sp³-hybridized carbons (Fsp3) is 0.150. The molecule has 3 aromatic heterocycles. The van der Waals surface area contributed by atoms with Gasteiger partial charge in [-0.3, -0.25) is 0 Å². The Bertz CT molecular complexity index is 1070. The van der Waals surface area contributed by atoms with Gasteiger partial charge in [0.2, 0.25) is 0 Å². The summed E-state index contributed by atoms with van der Waals surface area (Å²) in [5.74, 6) is 0. The van der Waals surface area contributed by atoms with Crippen molar-refractivity contribution in [3.63, 3.8) is 0 Å². The zero-order valence-electron chi connectivity index (χ0n) is 14.5. The summed E-state index contributed by atoms with van der Waals surface area (Å²) in [4.78, 5) is 7.38. The summed E-state index contributed by atoms with van der Waals surface area (Å²) in [7, 11) is 0. The molecular formula is C20H19N3OS2. The minimum Gasteiger partial charge on any atom is -0.397 e. The number of aryl methyl sites for hydroxylation is 2. The highest BCUT2D eigenvalue weighted by atomic mass is 32.1. The Morgan fingerprint density at radius 1 is 1.15 bits per heavy atom. The van der Waals surface area contributed by atoms with E-state index in [9.17, 15) is 5.11 Å². The standard InChI is InChI=1S/C20H19N3OS2/c1-11-5-6-12(2)15(10-11)22-19(24)18-17(21)13-7-8-14(23-20(13)26-18)16-4-3-9-25-16/h3-10,19,22,24H,21H2,1-2H3. The average Bonchev–Trinajstić information content (AvgIpc) is 3.26. The molecule has 6 heteroatoms. The summed E-state index contributed by atoms with van der Waals surface area (Å²) < 4.78 is 0. The van der Waals surface area contributed by atoms with Gasteiger partial charge in [-0.05, 0) is 54.6 Å². The van der Waals surface area contributed by atoms with Crippen LogP contribution in [0.2, 0.25) is 0 Å². The molecule has 0 aliphatic heterocycles. The van der Waals surface area contributed by atoms with Gasteiger partial charge in [0.05, 0.1) is 21.1 Å². The molecule has 132 valence electrons. The lowest BCUT2D eigenvalue weighted by molar-refractivity contribution is 0.213. The number of nitrogen functional groups attached to an aromatic ring is 1. The number of nitrogens with two attached hydrogens (primary N) is 1. The fourth-order valence-corrected chi connectivity index (χ4v) is 4.61. The number of aromatic nitrogens is 1. The molecule has 0 bridgehead atoms. The number of hydrogen-bond acceptors (Lipinski definition) is 6. The average molecular weight is 382 g/mol. The first-order valence-electron chi connectivity index (χ1n) is 8.27. The first kappa shape index (κ1) is 17.0. The van der Waals surface area contributed by atoms with Crippen molar-refractivity contribution in [2.75, 3.05) is 11.1 Å². The summed E-state index contributed by atoms with van der Waals surface area (Å²) in [5, 5.41) is 16.8. The van der Waals surface area contributed by atoms with E-state index in [0.717, 1.165) is 37.6 Å². The first-order chi connectivity index (χ1) is 12.5. The summed E-state index contributed by atoms with van der Waals surface area (Å²) in [6.45, 7) is 4.04. The van der Waals surface area contributed by atoms with Gasteiger partial charge >= 0.3 is 0 Å². The monoisotopic (exact) mass is 381 g/mol. The molecule has 1 unspecified atom stereocenters. The van der Waals surface area contributed by atoms with Crippen molar-refractivity contribution < 1.29 is 5.11 Å². The van der Waals surface area contributed by atoms with E-state index in [1.165, 1.54) is 11.3 Å². The molecule has 1 atom stereocenters. The van der Waals surface area contributed by atoms with Crippen molar-refractivity contribution in [3.8, 4) is 10.6 Å². The molecule has 0 saturated heterocycles. The number of nitrogens with zero attached hydrogens (tertiary/aromatic N) is 1. The normalized spacial score (nSPS) is 12.4. The minimum atomic E-state index is -0.875. The maximum Gasteiger partial charge on any atom is 0.162 e. The van der Waals surface area contributed by atoms with E-state index in [4.69, 9.17) is 10.7 Å². The Morgan fingerprint density at radius 2 is 2.00 bits per heavy atom. The van der Waals surface area contributed by atoms with Crippen molar-refractivity contribution in [3.05, 3.63) is 63.8 Å². The van der Waals surface area contributed by atoms with Gasteiger partial charge in [0, 0.05) is 11.1 Å². The fourth-order valence-electron chi connectivity index (χ4n) is 2.88. The number of rotatable bonds is 4. The predicted molar refractivity (Wildman–Crippen MR) is 112 cm³/mol. The molecular weight excluding hydrogens is 362 g/mol. The van der Waals surface area contributed by atoms with Crippen LogP contribution < -0.4 is 11.1 Å². The van der Waals surface area contributed by atoms with Crippen LogP contribution in [0.25, 0.3) is 20.8 Å². The lowest BCUT2D eigenvalue weighted by Gasteiger charge is -2.16. The molecule has 3 heterocycles. The number of fused-ring (bicyclic) bond motifs is 1. The lowest BCUT2D eigenvalue weighted by Crippen LogP contribution is -2.10. The first-order valence-corrected chi connectivity index (χ1v) is 9.97. The third kappa shape index (κ3) is 3.07. The Balaban J connectivity index is 1.69. The van der Waals surface area contributed by atoms with Crippen LogP contribution in [-0.4, -0.2) is 10.1 Å². The van der Waals surface area contributed by atoms with E-state index in [1.54, 1.807) is 11.3 Å². The largest absolute Gasteiger partial charge is 0.397 e. The van der Waals surface area contributed by atoms with Crippen molar-refractivity contribution in [1.29, 1.82) is 0 Å². The second-order valence-corrected chi connectivity index (χ2v) is 8.25. The second-order valence-electron chi connectivity index (χ2n) is 6.27. The molecule has 0 spiro atoms. The zero-order valence-corrected chi connectivity index (χ0v) is 16.1. The van der Waals surface area contributed by atoms with Gasteiger partial charge in [0.25, 0.3) is 0 Å². The van der Waals surface area contributed by atoms with Crippen LogP contribution in [0.5, 0.6) is 0 Å². The van der Waals surface area contributed by atoms with E-state index >= 15 is 0 Å². The van der Waals surface area contributed by atoms with Crippen LogP contribution in [0.1, 0.15) is 22.2 Å². The van der Waals surface area contributed by atoms with Crippen LogP contribution in [0.4, 0.5) is 11.4 Å². The number of thiophene rings is 2. The Hall–Kier alpha value is -2.41. The smallest absolute Gasteiger partial charge is 0.162 e. The molecule has 4 N–H and O–H groups in total. The predicted octanol–water partition coefficient (Wildman–Crippen LogP) is 5.33. The Kier molecular flexibility index (Phi) is 4.40. The molecule has 4 nitrogen and oxygen atoms in total. The van der Waals surface area contributed by atoms with Crippen LogP contribution >= 0.6 is 22.7 Å². The third-order valence-corrected chi connectivity index (χ3v) is 6.39. The molecule has 0 radical (unpaired) electrons. The van der Waals surface area contributed by atoms with E-state index in [1.807, 2.05) is 55.6 Å². The van der Waals surface area contributed by atoms with Gasteiger partial charge in [-0.25, -0.2) is 4.98 Å². The van der Waals surface area contributed by atoms with Gasteiger partial charge in [0.1, 0.15) is 4.83 Å². The van der Waals surface area contributed by atoms with E-state index < -0.39 is 6.23 Å². The van der Waals surface area contributed by atoms with Crippen molar-refractivity contribution in [2.45, 2.75) is 20.1 Å². The molecule has 0 amide bonds. The quantitative estimate of drug-likeness (QED) is 0.418. The highest BCUT2D eigenvalue weighted by molar-refractivity contribution is 7.19. The highest BCUT2D eigenvalue weighted by Crippen LogP contribution is 2.38. The van der Waals surface area contributed by atoms with Gasteiger partial charge in [-0.15, -0.1) is 22.7 Å². The lowest BCUT2D eigenvalue weighted by atomic mass is 10.1. The number of hydrogen-bond donors (Lipinski definition) is 3. The molecule has 0 aliphatic carbocycles. The Labute approximate surface area is 160 Å². The van der Waals surface area contributed by atoms with Crippen LogP contribution in [-0.2, 0) is 0 Å². The van der Waals surface area contributed by atoms with Gasteiger partial charge in [-0.2, -0.15) is 0 Å². The minimum absolute atomic E-state index is 0.584. The second kappa shape index (κ2) is 6.72. The molecule has 0 saturated carbocycles. The van der Waals surface area contributed by atoms with Crippen molar-refractivity contribution in [2.24, 2.45) is 0 Å². The summed E-state index contributed by atoms with van der Waals surface area (Å²) in [6.07, 6.45) is -0.875. The van der Waals surface area contributed by atoms with Gasteiger partial charge in [-0.1, -0.05) is 18.2 Å². The van der Waals surface area contributed by atoms with Crippen molar-refractivity contribution >= 4 is 44.3 Å². The summed E-state index contributed by atoms with van der Waals surface area (Å²) in [6, 6.07) is 14.1. The van der Waals surface area contributed by atoms with Gasteiger partial charge < -0.3 is 16.2 Å². The van der Waals surface area contributed by atoms with E-state index in [-0.39, 0.29) is 0 Å². The maximum absolute atomic E-state index is 10.7. The molecule has 4 rings (SSSR count). The highest BCUT2D eigenvalue weighted by Gasteiger charge is 2.19. The number of benzene rings is 1. The zero-order chi connectivity index (χ0) is 18.3. The third-order valence-electron chi connectivity index (χ3n) is 4.33.